The maximum absolute atomic E-state index is 13.8. The minimum Gasteiger partial charge on any atom is -0.444 e. The van der Waals surface area contributed by atoms with Gasteiger partial charge in [-0.2, -0.15) is 9.78 Å². The van der Waals surface area contributed by atoms with Crippen LogP contribution in [0.25, 0.3) is 5.69 Å². The molecule has 200 valence electrons. The molecule has 0 radical (unpaired) electrons. The largest absolute Gasteiger partial charge is 0.444 e. The third-order valence-corrected chi connectivity index (χ3v) is 6.12. The summed E-state index contributed by atoms with van der Waals surface area (Å²) in [5, 5.41) is 6.84. The van der Waals surface area contributed by atoms with Gasteiger partial charge < -0.3 is 15.0 Å². The highest BCUT2D eigenvalue weighted by atomic mass is 19.1. The van der Waals surface area contributed by atoms with Crippen molar-refractivity contribution in [2.45, 2.75) is 52.8 Å². The number of likely N-dealkylation sites (tertiary alicyclic amines) is 1. The minimum atomic E-state index is -0.882. The number of nitrogens with one attached hydrogen (secondary N) is 1. The number of hydrogen-bond acceptors (Lipinski definition) is 6. The van der Waals surface area contributed by atoms with Crippen molar-refractivity contribution in [1.29, 1.82) is 0 Å². The van der Waals surface area contributed by atoms with Gasteiger partial charge in [-0.1, -0.05) is 18.2 Å². The van der Waals surface area contributed by atoms with Gasteiger partial charge in [-0.3, -0.25) is 14.2 Å². The molecule has 0 saturated carbocycles. The molecule has 2 amide bonds. The molecule has 4 rings (SSSR count). The lowest BCUT2D eigenvalue weighted by Gasteiger charge is -2.39. The van der Waals surface area contributed by atoms with E-state index in [0.717, 1.165) is 20.4 Å². The lowest BCUT2D eigenvalue weighted by atomic mass is 10.1. The van der Waals surface area contributed by atoms with Gasteiger partial charge in [-0.05, 0) is 75.6 Å². The summed E-state index contributed by atoms with van der Waals surface area (Å²) in [4.78, 5) is 53.4. The zero-order valence-corrected chi connectivity index (χ0v) is 21.9. The Bertz CT molecular complexity index is 1520. The third kappa shape index (κ3) is 5.82. The second-order valence-corrected chi connectivity index (χ2v) is 10.4. The first-order valence-corrected chi connectivity index (χ1v) is 12.2. The number of carbonyl (C=O) groups is 2. The van der Waals surface area contributed by atoms with Crippen molar-refractivity contribution >= 4 is 12.0 Å². The first kappa shape index (κ1) is 26.8. The molecule has 11 heteroatoms. The highest BCUT2D eigenvalue weighted by Gasteiger charge is 2.36. The van der Waals surface area contributed by atoms with E-state index < -0.39 is 40.4 Å². The summed E-state index contributed by atoms with van der Waals surface area (Å²) in [6, 6.07) is 10.4. The van der Waals surface area contributed by atoms with Crippen molar-refractivity contribution in [3.63, 3.8) is 0 Å². The number of hydrogen-bond donors (Lipinski definition) is 1. The fourth-order valence-electron chi connectivity index (χ4n) is 3.99. The lowest BCUT2D eigenvalue weighted by Crippen LogP contribution is -2.62. The highest BCUT2D eigenvalue weighted by molar-refractivity contribution is 5.92. The van der Waals surface area contributed by atoms with E-state index in [0.29, 0.717) is 11.3 Å². The summed E-state index contributed by atoms with van der Waals surface area (Å²) in [5.41, 5.74) is -0.0996. The van der Waals surface area contributed by atoms with E-state index in [9.17, 15) is 23.6 Å². The van der Waals surface area contributed by atoms with Crippen LogP contribution in [0.3, 0.4) is 0 Å². The van der Waals surface area contributed by atoms with Crippen molar-refractivity contribution in [2.75, 3.05) is 13.1 Å². The van der Waals surface area contributed by atoms with Crippen LogP contribution in [0.1, 0.15) is 48.0 Å². The molecule has 1 fully saturated rings. The SMILES string of the molecule is Cc1ccc(-n2nc(C(=O)N3CC(NC(=O)OC(C)(C)C)C3)c(=O)n(Cc3cccc(F)c3)c2=O)cc1C. The number of alkyl carbamates (subject to hydrolysis) is 1. The van der Waals surface area contributed by atoms with Crippen LogP contribution in [0, 0.1) is 19.7 Å². The Hall–Kier alpha value is -4.28. The van der Waals surface area contributed by atoms with Gasteiger partial charge in [0.15, 0.2) is 0 Å². The van der Waals surface area contributed by atoms with Crippen LogP contribution in [0.4, 0.5) is 9.18 Å². The average Bonchev–Trinajstić information content (AvgIpc) is 2.79. The monoisotopic (exact) mass is 523 g/mol. The topological polar surface area (TPSA) is 116 Å². The van der Waals surface area contributed by atoms with Crippen LogP contribution in [0.2, 0.25) is 0 Å². The fourth-order valence-corrected chi connectivity index (χ4v) is 3.99. The molecule has 3 aromatic rings. The van der Waals surface area contributed by atoms with E-state index in [1.54, 1.807) is 39.0 Å². The maximum Gasteiger partial charge on any atom is 0.407 e. The zero-order chi connectivity index (χ0) is 27.8. The van der Waals surface area contributed by atoms with Gasteiger partial charge in [-0.15, -0.1) is 0 Å². The van der Waals surface area contributed by atoms with Crippen LogP contribution < -0.4 is 16.6 Å². The van der Waals surface area contributed by atoms with E-state index in [-0.39, 0.29) is 25.7 Å². The molecule has 0 unspecified atom stereocenters. The maximum atomic E-state index is 13.8. The van der Waals surface area contributed by atoms with Crippen molar-refractivity contribution in [1.82, 2.24) is 24.6 Å². The number of amides is 2. The van der Waals surface area contributed by atoms with Crippen molar-refractivity contribution in [3.8, 4) is 5.69 Å². The number of aromatic nitrogens is 3. The van der Waals surface area contributed by atoms with Crippen LogP contribution in [0.15, 0.2) is 52.1 Å². The number of benzene rings is 2. The normalized spacial score (nSPS) is 13.7. The van der Waals surface area contributed by atoms with Gasteiger partial charge >= 0.3 is 11.8 Å². The number of ether oxygens (including phenoxy) is 1. The fraction of sp³-hybridized carbons (Fsp3) is 0.370. The molecule has 0 atom stereocenters. The molecule has 0 bridgehead atoms. The highest BCUT2D eigenvalue weighted by Crippen LogP contribution is 2.15. The molecule has 0 spiro atoms. The second-order valence-electron chi connectivity index (χ2n) is 10.4. The van der Waals surface area contributed by atoms with Crippen LogP contribution in [-0.4, -0.2) is 56.0 Å². The van der Waals surface area contributed by atoms with E-state index in [1.165, 1.54) is 23.1 Å². The summed E-state index contributed by atoms with van der Waals surface area (Å²) in [6.07, 6.45) is -0.603. The molecule has 10 nitrogen and oxygen atoms in total. The molecule has 2 heterocycles. The Kier molecular flexibility index (Phi) is 7.21. The van der Waals surface area contributed by atoms with E-state index in [4.69, 9.17) is 4.74 Å². The first-order chi connectivity index (χ1) is 17.8. The Morgan fingerprint density at radius 1 is 1.08 bits per heavy atom. The smallest absolute Gasteiger partial charge is 0.407 e. The first-order valence-electron chi connectivity index (χ1n) is 12.2. The molecule has 0 aliphatic carbocycles. The predicted octanol–water partition coefficient (Wildman–Crippen LogP) is 2.55. The van der Waals surface area contributed by atoms with Crippen LogP contribution in [-0.2, 0) is 11.3 Å². The summed E-state index contributed by atoms with van der Waals surface area (Å²) in [5.74, 6) is -1.19. The summed E-state index contributed by atoms with van der Waals surface area (Å²) >= 11 is 0. The van der Waals surface area contributed by atoms with E-state index in [2.05, 4.69) is 10.4 Å². The van der Waals surface area contributed by atoms with Crippen LogP contribution in [0.5, 0.6) is 0 Å². The van der Waals surface area contributed by atoms with E-state index in [1.807, 2.05) is 19.9 Å². The molecule has 2 aromatic carbocycles. The van der Waals surface area contributed by atoms with Crippen molar-refractivity contribution in [3.05, 3.63) is 91.5 Å². The Morgan fingerprint density at radius 2 is 1.79 bits per heavy atom. The summed E-state index contributed by atoms with van der Waals surface area (Å²) in [6.45, 7) is 9.07. The van der Waals surface area contributed by atoms with E-state index >= 15 is 0 Å². The van der Waals surface area contributed by atoms with Gasteiger partial charge in [0.25, 0.3) is 11.5 Å². The average molecular weight is 524 g/mol. The Labute approximate surface area is 218 Å². The number of rotatable bonds is 5. The number of halogens is 1. The standard InChI is InChI=1S/C27H30FN5O5/c1-16-9-10-21(11-17(16)2)33-26(37)32(13-18-7-6-8-19(28)12-18)24(35)22(30-33)23(34)31-14-20(15-31)29-25(36)38-27(3,4)5/h6-12,20H,13-15H2,1-5H3,(H,29,36). The Morgan fingerprint density at radius 3 is 2.42 bits per heavy atom. The van der Waals surface area contributed by atoms with Crippen LogP contribution >= 0.6 is 0 Å². The molecular weight excluding hydrogens is 493 g/mol. The third-order valence-electron chi connectivity index (χ3n) is 6.12. The number of nitrogens with zero attached hydrogens (tertiary/aromatic N) is 4. The molecule has 1 saturated heterocycles. The molecule has 1 aliphatic heterocycles. The minimum absolute atomic E-state index is 0.145. The molecular formula is C27H30FN5O5. The number of aryl methyl sites for hydroxylation is 2. The van der Waals surface area contributed by atoms with Gasteiger partial charge in [0.1, 0.15) is 11.4 Å². The van der Waals surface area contributed by atoms with Gasteiger partial charge in [0.2, 0.25) is 5.69 Å². The van der Waals surface area contributed by atoms with Crippen molar-refractivity contribution < 1.29 is 18.7 Å². The second kappa shape index (κ2) is 10.2. The summed E-state index contributed by atoms with van der Waals surface area (Å²) < 4.78 is 20.9. The number of carbonyl (C=O) groups excluding carboxylic acids is 2. The van der Waals surface area contributed by atoms with Gasteiger partial charge in [-0.25, -0.2) is 14.0 Å². The molecule has 1 aliphatic rings. The van der Waals surface area contributed by atoms with Crippen molar-refractivity contribution in [2.24, 2.45) is 0 Å². The molecule has 38 heavy (non-hydrogen) atoms. The Balaban J connectivity index is 1.67. The molecule has 1 N–H and O–H groups in total. The summed E-state index contributed by atoms with van der Waals surface area (Å²) in [7, 11) is 0. The van der Waals surface area contributed by atoms with Gasteiger partial charge in [0.05, 0.1) is 18.3 Å². The predicted molar refractivity (Wildman–Crippen MR) is 138 cm³/mol. The zero-order valence-electron chi connectivity index (χ0n) is 21.9. The van der Waals surface area contributed by atoms with Gasteiger partial charge in [0, 0.05) is 13.1 Å². The lowest BCUT2D eigenvalue weighted by molar-refractivity contribution is 0.0355. The quantitative estimate of drug-likeness (QED) is 0.550. The molecule has 1 aromatic heterocycles.